The van der Waals surface area contributed by atoms with Gasteiger partial charge in [-0.2, -0.15) is 5.10 Å². The van der Waals surface area contributed by atoms with Crippen LogP contribution in [-0.4, -0.2) is 9.55 Å². The standard InChI is InChI=1S/C9H10BrN2P/c1-5-3-7-4-11-12(13)9(7)8(10)6(5)2/h3-4H,13H2,1-2H3. The lowest BCUT2D eigenvalue weighted by Gasteiger charge is -2.05. The topological polar surface area (TPSA) is 17.8 Å². The van der Waals surface area contributed by atoms with Gasteiger partial charge in [0.15, 0.2) is 0 Å². The van der Waals surface area contributed by atoms with Crippen molar-refractivity contribution in [3.8, 4) is 0 Å². The van der Waals surface area contributed by atoms with Gasteiger partial charge in [0, 0.05) is 9.86 Å². The Balaban J connectivity index is 2.97. The number of fused-ring (bicyclic) bond motifs is 1. The van der Waals surface area contributed by atoms with E-state index < -0.39 is 0 Å². The first-order valence-electron chi connectivity index (χ1n) is 4.00. The number of aryl methyl sites for hydroxylation is 1. The first kappa shape index (κ1) is 9.17. The summed E-state index contributed by atoms with van der Waals surface area (Å²) < 4.78 is 2.95. The van der Waals surface area contributed by atoms with Crippen LogP contribution in [0, 0.1) is 13.8 Å². The van der Waals surface area contributed by atoms with Crippen molar-refractivity contribution in [2.45, 2.75) is 13.8 Å². The van der Waals surface area contributed by atoms with Crippen LogP contribution in [0.3, 0.4) is 0 Å². The molecule has 0 aliphatic rings. The summed E-state index contributed by atoms with van der Waals surface area (Å²) in [5.41, 5.74) is 3.70. The zero-order chi connectivity index (χ0) is 9.59. The SMILES string of the molecule is Cc1cc2cnn(P)c2c(Br)c1C. The molecule has 2 nitrogen and oxygen atoms in total. The molecule has 1 atom stereocenters. The molecule has 1 unspecified atom stereocenters. The van der Waals surface area contributed by atoms with E-state index in [0.717, 1.165) is 9.99 Å². The number of nitrogens with zero attached hydrogens (tertiary/aromatic N) is 2. The molecule has 0 aliphatic carbocycles. The van der Waals surface area contributed by atoms with Crippen LogP contribution in [0.5, 0.6) is 0 Å². The summed E-state index contributed by atoms with van der Waals surface area (Å²) in [6.45, 7) is 4.22. The van der Waals surface area contributed by atoms with E-state index in [2.05, 4.69) is 50.3 Å². The van der Waals surface area contributed by atoms with Crippen LogP contribution in [0.25, 0.3) is 10.9 Å². The van der Waals surface area contributed by atoms with Crippen molar-refractivity contribution in [3.63, 3.8) is 0 Å². The van der Waals surface area contributed by atoms with Gasteiger partial charge in [-0.15, -0.1) is 0 Å². The molecule has 2 aromatic rings. The van der Waals surface area contributed by atoms with E-state index in [0.29, 0.717) is 0 Å². The van der Waals surface area contributed by atoms with E-state index >= 15 is 0 Å². The minimum absolute atomic E-state index is 1.13. The Labute approximate surface area is 87.7 Å². The van der Waals surface area contributed by atoms with Gasteiger partial charge in [0.05, 0.1) is 11.7 Å². The highest BCUT2D eigenvalue weighted by molar-refractivity contribution is 9.10. The lowest BCUT2D eigenvalue weighted by molar-refractivity contribution is 1.04. The summed E-state index contributed by atoms with van der Waals surface area (Å²) in [7, 11) is 2.58. The molecule has 0 radical (unpaired) electrons. The highest BCUT2D eigenvalue weighted by atomic mass is 79.9. The summed E-state index contributed by atoms with van der Waals surface area (Å²) in [6, 6.07) is 2.16. The third-order valence-electron chi connectivity index (χ3n) is 2.32. The zero-order valence-corrected chi connectivity index (χ0v) is 10.2. The van der Waals surface area contributed by atoms with E-state index in [1.165, 1.54) is 16.5 Å². The molecule has 4 heteroatoms. The third-order valence-corrected chi connectivity index (χ3v) is 3.69. The van der Waals surface area contributed by atoms with Gasteiger partial charge in [0.25, 0.3) is 0 Å². The van der Waals surface area contributed by atoms with E-state index in [1.54, 1.807) is 0 Å². The first-order valence-corrected chi connectivity index (χ1v) is 5.30. The Morgan fingerprint density at radius 2 is 2.15 bits per heavy atom. The second-order valence-corrected chi connectivity index (χ2v) is 4.44. The Morgan fingerprint density at radius 3 is 2.85 bits per heavy atom. The van der Waals surface area contributed by atoms with Crippen LogP contribution in [0.1, 0.15) is 11.1 Å². The molecule has 0 saturated heterocycles. The second kappa shape index (κ2) is 3.07. The fourth-order valence-electron chi connectivity index (χ4n) is 1.40. The Morgan fingerprint density at radius 1 is 1.46 bits per heavy atom. The van der Waals surface area contributed by atoms with Crippen molar-refractivity contribution in [3.05, 3.63) is 27.9 Å². The molecule has 13 heavy (non-hydrogen) atoms. The molecule has 0 saturated carbocycles. The minimum atomic E-state index is 1.13. The molecule has 2 rings (SSSR count). The van der Waals surface area contributed by atoms with Crippen molar-refractivity contribution in [2.24, 2.45) is 0 Å². The quantitative estimate of drug-likeness (QED) is 0.663. The van der Waals surface area contributed by atoms with Gasteiger partial charge >= 0.3 is 0 Å². The number of hydrogen-bond acceptors (Lipinski definition) is 1. The minimum Gasteiger partial charge on any atom is -0.250 e. The Bertz CT molecular complexity index is 476. The van der Waals surface area contributed by atoms with Gasteiger partial charge in [-0.1, -0.05) is 0 Å². The summed E-state index contributed by atoms with van der Waals surface area (Å²) in [5, 5.41) is 5.36. The van der Waals surface area contributed by atoms with Gasteiger partial charge in [0.2, 0.25) is 0 Å². The van der Waals surface area contributed by atoms with Crippen LogP contribution in [-0.2, 0) is 0 Å². The van der Waals surface area contributed by atoms with Crippen molar-refractivity contribution >= 4 is 36.2 Å². The lowest BCUT2D eigenvalue weighted by Crippen LogP contribution is -1.87. The molecular formula is C9H10BrN2P. The van der Waals surface area contributed by atoms with Crippen molar-refractivity contribution in [1.29, 1.82) is 0 Å². The highest BCUT2D eigenvalue weighted by Gasteiger charge is 2.08. The van der Waals surface area contributed by atoms with Gasteiger partial charge < -0.3 is 0 Å². The highest BCUT2D eigenvalue weighted by Crippen LogP contribution is 2.30. The maximum atomic E-state index is 4.19. The van der Waals surface area contributed by atoms with Gasteiger partial charge in [-0.25, -0.2) is 4.45 Å². The average molecular weight is 257 g/mol. The number of hydrogen-bond donors (Lipinski definition) is 0. The summed E-state index contributed by atoms with van der Waals surface area (Å²) in [6.07, 6.45) is 1.87. The van der Waals surface area contributed by atoms with Crippen LogP contribution in [0.2, 0.25) is 0 Å². The molecule has 0 N–H and O–H groups in total. The first-order chi connectivity index (χ1) is 6.11. The summed E-state index contributed by atoms with van der Waals surface area (Å²) in [4.78, 5) is 0. The van der Waals surface area contributed by atoms with E-state index in [-0.39, 0.29) is 0 Å². The van der Waals surface area contributed by atoms with Crippen molar-refractivity contribution in [1.82, 2.24) is 9.55 Å². The van der Waals surface area contributed by atoms with Crippen LogP contribution in [0.4, 0.5) is 0 Å². The summed E-state index contributed by atoms with van der Waals surface area (Å²) >= 11 is 3.59. The van der Waals surface area contributed by atoms with Crippen LogP contribution >= 0.6 is 25.3 Å². The van der Waals surface area contributed by atoms with Crippen molar-refractivity contribution in [2.75, 3.05) is 0 Å². The van der Waals surface area contributed by atoms with Gasteiger partial charge in [-0.3, -0.25) is 0 Å². The van der Waals surface area contributed by atoms with E-state index in [4.69, 9.17) is 0 Å². The van der Waals surface area contributed by atoms with Gasteiger partial charge in [0.1, 0.15) is 0 Å². The molecule has 0 aliphatic heterocycles. The number of benzene rings is 1. The molecule has 0 bridgehead atoms. The maximum absolute atomic E-state index is 4.19. The number of halogens is 1. The molecule has 1 heterocycles. The van der Waals surface area contributed by atoms with E-state index in [1.807, 2.05) is 10.6 Å². The predicted octanol–water partition coefficient (Wildman–Crippen LogP) is 3.05. The monoisotopic (exact) mass is 256 g/mol. The molecule has 1 aromatic carbocycles. The molecule has 1 aromatic heterocycles. The lowest BCUT2D eigenvalue weighted by atomic mass is 10.1. The van der Waals surface area contributed by atoms with E-state index in [9.17, 15) is 0 Å². The average Bonchev–Trinajstić information content (AvgIpc) is 2.43. The Kier molecular flexibility index (Phi) is 2.17. The number of aromatic nitrogens is 2. The van der Waals surface area contributed by atoms with Crippen LogP contribution < -0.4 is 0 Å². The smallest absolute Gasteiger partial charge is 0.0862 e. The largest absolute Gasteiger partial charge is 0.250 e. The molecule has 0 amide bonds. The predicted molar refractivity (Wildman–Crippen MR) is 62.0 cm³/mol. The summed E-state index contributed by atoms with van der Waals surface area (Å²) in [5.74, 6) is 0. The van der Waals surface area contributed by atoms with Crippen molar-refractivity contribution < 1.29 is 0 Å². The maximum Gasteiger partial charge on any atom is 0.0862 e. The molecule has 68 valence electrons. The van der Waals surface area contributed by atoms with Crippen LogP contribution in [0.15, 0.2) is 16.7 Å². The molecular weight excluding hydrogens is 247 g/mol. The normalized spacial score (nSPS) is 11.1. The molecule has 0 spiro atoms. The number of rotatable bonds is 0. The third kappa shape index (κ3) is 1.31. The zero-order valence-electron chi connectivity index (χ0n) is 7.50. The van der Waals surface area contributed by atoms with Gasteiger partial charge in [-0.05, 0) is 56.4 Å². The second-order valence-electron chi connectivity index (χ2n) is 3.16. The molecule has 0 fully saturated rings. The Hall–Kier alpha value is -0.400. The fraction of sp³-hybridized carbons (Fsp3) is 0.222. The fourth-order valence-corrected chi connectivity index (χ4v) is 2.66.